The molecular weight excluding hydrogens is 256 g/mol. The zero-order valence-electron chi connectivity index (χ0n) is 14.0. The van der Waals surface area contributed by atoms with Crippen LogP contribution in [0.5, 0.6) is 0 Å². The lowest BCUT2D eigenvalue weighted by molar-refractivity contribution is 0.177. The first-order valence-electron chi connectivity index (χ1n) is 7.63. The van der Waals surface area contributed by atoms with Crippen molar-refractivity contribution in [2.45, 2.75) is 54.1 Å². The molecule has 0 fully saturated rings. The van der Waals surface area contributed by atoms with Gasteiger partial charge in [0.2, 0.25) is 0 Å². The minimum atomic E-state index is -0.439. The lowest BCUT2D eigenvalue weighted by Crippen LogP contribution is -2.10. The smallest absolute Gasteiger partial charge is 0.0835 e. The molecule has 21 heavy (non-hydrogen) atoms. The van der Waals surface area contributed by atoms with Crippen molar-refractivity contribution in [2.75, 3.05) is 0 Å². The quantitative estimate of drug-likeness (QED) is 0.856. The van der Waals surface area contributed by atoms with Crippen LogP contribution >= 0.6 is 0 Å². The summed E-state index contributed by atoms with van der Waals surface area (Å²) in [6.45, 7) is 12.8. The third kappa shape index (κ3) is 3.03. The highest BCUT2D eigenvalue weighted by Crippen LogP contribution is 2.32. The number of benzene rings is 2. The summed E-state index contributed by atoms with van der Waals surface area (Å²) in [5.41, 5.74) is 9.95. The number of aliphatic hydroxyl groups excluding tert-OH is 1. The summed E-state index contributed by atoms with van der Waals surface area (Å²) in [4.78, 5) is 0. The largest absolute Gasteiger partial charge is 0.388 e. The van der Waals surface area contributed by atoms with Gasteiger partial charge in [-0.1, -0.05) is 29.8 Å². The van der Waals surface area contributed by atoms with E-state index < -0.39 is 6.10 Å². The van der Waals surface area contributed by atoms with Crippen LogP contribution in [0.4, 0.5) is 0 Å². The highest BCUT2D eigenvalue weighted by Gasteiger charge is 2.18. The van der Waals surface area contributed by atoms with E-state index in [-0.39, 0.29) is 0 Å². The van der Waals surface area contributed by atoms with E-state index in [1.165, 1.54) is 38.9 Å². The molecule has 1 heteroatoms. The molecule has 2 aromatic rings. The fourth-order valence-electron chi connectivity index (χ4n) is 3.08. The van der Waals surface area contributed by atoms with Crippen molar-refractivity contribution in [2.24, 2.45) is 0 Å². The van der Waals surface area contributed by atoms with Crippen molar-refractivity contribution in [3.8, 4) is 0 Å². The van der Waals surface area contributed by atoms with Crippen LogP contribution in [0.1, 0.15) is 50.6 Å². The van der Waals surface area contributed by atoms with Crippen LogP contribution in [0.15, 0.2) is 24.3 Å². The van der Waals surface area contributed by atoms with Crippen LogP contribution in [0.25, 0.3) is 0 Å². The molecule has 0 spiro atoms. The van der Waals surface area contributed by atoms with E-state index in [0.717, 1.165) is 5.56 Å². The maximum absolute atomic E-state index is 10.7. The molecule has 0 aliphatic heterocycles. The summed E-state index contributed by atoms with van der Waals surface area (Å²) in [7, 11) is 0. The van der Waals surface area contributed by atoms with Crippen molar-refractivity contribution in [1.82, 2.24) is 0 Å². The Morgan fingerprint density at radius 2 is 1.14 bits per heavy atom. The van der Waals surface area contributed by atoms with Gasteiger partial charge in [0.15, 0.2) is 0 Å². The van der Waals surface area contributed by atoms with E-state index in [4.69, 9.17) is 0 Å². The predicted octanol–water partition coefficient (Wildman–Crippen LogP) is 4.81. The van der Waals surface area contributed by atoms with Gasteiger partial charge in [-0.25, -0.2) is 0 Å². The molecule has 0 aromatic heterocycles. The van der Waals surface area contributed by atoms with Crippen molar-refractivity contribution in [1.29, 1.82) is 0 Å². The Hall–Kier alpha value is -1.60. The van der Waals surface area contributed by atoms with Crippen LogP contribution in [-0.4, -0.2) is 5.11 Å². The van der Waals surface area contributed by atoms with E-state index in [2.05, 4.69) is 65.8 Å². The van der Waals surface area contributed by atoms with Crippen LogP contribution in [0, 0.1) is 41.5 Å². The highest BCUT2D eigenvalue weighted by atomic mass is 16.3. The van der Waals surface area contributed by atoms with Gasteiger partial charge in [0, 0.05) is 6.42 Å². The van der Waals surface area contributed by atoms with E-state index in [1.54, 1.807) is 0 Å². The van der Waals surface area contributed by atoms with Gasteiger partial charge in [-0.3, -0.25) is 0 Å². The zero-order valence-corrected chi connectivity index (χ0v) is 14.0. The zero-order chi connectivity index (χ0) is 15.7. The number of aryl methyl sites for hydroxylation is 1. The first-order chi connectivity index (χ1) is 9.82. The van der Waals surface area contributed by atoms with E-state index in [9.17, 15) is 5.11 Å². The Labute approximate surface area is 128 Å². The first kappa shape index (κ1) is 15.8. The Morgan fingerprint density at radius 1 is 0.714 bits per heavy atom. The van der Waals surface area contributed by atoms with Gasteiger partial charge in [-0.15, -0.1) is 0 Å². The standard InChI is InChI=1S/C20H26O/c1-12-7-9-18(10-8-12)11-19(21)20-16(5)14(3)13(2)15(4)17(20)6/h7-10,19,21H,11H2,1-6H3. The fourth-order valence-corrected chi connectivity index (χ4v) is 3.08. The van der Waals surface area contributed by atoms with E-state index >= 15 is 0 Å². The van der Waals surface area contributed by atoms with Crippen molar-refractivity contribution in [3.63, 3.8) is 0 Å². The first-order valence-corrected chi connectivity index (χ1v) is 7.63. The van der Waals surface area contributed by atoms with Crippen molar-refractivity contribution >= 4 is 0 Å². The number of hydrogen-bond acceptors (Lipinski definition) is 1. The normalized spacial score (nSPS) is 12.5. The molecule has 2 rings (SSSR count). The van der Waals surface area contributed by atoms with E-state index in [1.807, 2.05) is 0 Å². The molecular formula is C20H26O. The molecule has 0 aliphatic carbocycles. The SMILES string of the molecule is Cc1ccc(CC(O)c2c(C)c(C)c(C)c(C)c2C)cc1. The summed E-state index contributed by atoms with van der Waals surface area (Å²) in [6.07, 6.45) is 0.231. The molecule has 112 valence electrons. The van der Waals surface area contributed by atoms with E-state index in [0.29, 0.717) is 6.42 Å². The van der Waals surface area contributed by atoms with Gasteiger partial charge >= 0.3 is 0 Å². The third-order valence-electron chi connectivity index (χ3n) is 4.94. The Bertz CT molecular complexity index is 622. The average molecular weight is 282 g/mol. The topological polar surface area (TPSA) is 20.2 Å². The maximum atomic E-state index is 10.7. The molecule has 1 nitrogen and oxygen atoms in total. The Balaban J connectivity index is 2.39. The van der Waals surface area contributed by atoms with Gasteiger partial charge < -0.3 is 5.11 Å². The van der Waals surface area contributed by atoms with Crippen LogP contribution in [0.3, 0.4) is 0 Å². The highest BCUT2D eigenvalue weighted by molar-refractivity contribution is 5.50. The molecule has 2 aromatic carbocycles. The second-order valence-corrected chi connectivity index (χ2v) is 6.24. The molecule has 0 bridgehead atoms. The maximum Gasteiger partial charge on any atom is 0.0835 e. The van der Waals surface area contributed by atoms with Crippen LogP contribution < -0.4 is 0 Å². The second kappa shape index (κ2) is 6.03. The molecule has 0 saturated carbocycles. The molecule has 0 amide bonds. The molecule has 0 heterocycles. The van der Waals surface area contributed by atoms with Gasteiger partial charge in [0.1, 0.15) is 0 Å². The molecule has 1 atom stereocenters. The average Bonchev–Trinajstić information content (AvgIpc) is 2.46. The van der Waals surface area contributed by atoms with Crippen LogP contribution in [0.2, 0.25) is 0 Å². The Morgan fingerprint density at radius 3 is 1.62 bits per heavy atom. The summed E-state index contributed by atoms with van der Waals surface area (Å²) < 4.78 is 0. The molecule has 1 unspecified atom stereocenters. The van der Waals surface area contributed by atoms with Gasteiger partial charge in [-0.2, -0.15) is 0 Å². The second-order valence-electron chi connectivity index (χ2n) is 6.24. The van der Waals surface area contributed by atoms with Gasteiger partial charge in [0.05, 0.1) is 6.10 Å². The summed E-state index contributed by atoms with van der Waals surface area (Å²) in [5, 5.41) is 10.7. The number of aliphatic hydroxyl groups is 1. The summed E-state index contributed by atoms with van der Waals surface area (Å²) >= 11 is 0. The lowest BCUT2D eigenvalue weighted by Gasteiger charge is -2.22. The number of hydrogen-bond donors (Lipinski definition) is 1. The van der Waals surface area contributed by atoms with Crippen LogP contribution in [-0.2, 0) is 6.42 Å². The van der Waals surface area contributed by atoms with Gasteiger partial charge in [-0.05, 0) is 80.5 Å². The lowest BCUT2D eigenvalue weighted by atomic mass is 9.85. The summed E-state index contributed by atoms with van der Waals surface area (Å²) in [6, 6.07) is 8.43. The van der Waals surface area contributed by atoms with Crippen molar-refractivity contribution < 1.29 is 5.11 Å². The monoisotopic (exact) mass is 282 g/mol. The molecule has 0 saturated heterocycles. The molecule has 0 aliphatic rings. The number of rotatable bonds is 3. The Kier molecular flexibility index (Phi) is 4.53. The van der Waals surface area contributed by atoms with Gasteiger partial charge in [0.25, 0.3) is 0 Å². The molecule has 0 radical (unpaired) electrons. The summed E-state index contributed by atoms with van der Waals surface area (Å²) in [5.74, 6) is 0. The minimum absolute atomic E-state index is 0.439. The molecule has 1 N–H and O–H groups in total. The third-order valence-corrected chi connectivity index (χ3v) is 4.94. The predicted molar refractivity (Wildman–Crippen MR) is 90.0 cm³/mol. The fraction of sp³-hybridized carbons (Fsp3) is 0.400. The van der Waals surface area contributed by atoms with Crippen molar-refractivity contribution in [3.05, 3.63) is 68.8 Å². The minimum Gasteiger partial charge on any atom is -0.388 e.